The second-order valence-corrected chi connectivity index (χ2v) is 5.16. The van der Waals surface area contributed by atoms with Crippen LogP contribution in [0.2, 0.25) is 0 Å². The minimum Gasteiger partial charge on any atom is -0.394 e. The number of nitriles is 1. The van der Waals surface area contributed by atoms with Crippen molar-refractivity contribution in [3.05, 3.63) is 41.6 Å². The molecule has 1 amide bonds. The average molecular weight is 317 g/mol. The number of para-hydroxylation sites is 1. The number of hydrogen-bond donors (Lipinski definition) is 3. The molecule has 0 aliphatic carbocycles. The van der Waals surface area contributed by atoms with E-state index in [1.165, 1.54) is 6.20 Å². The molecule has 0 spiro atoms. The SMILES string of the molecule is CC(C)c1ccccc1NC(=O)/C(C#N)=C\NCCOCCO. The summed E-state index contributed by atoms with van der Waals surface area (Å²) >= 11 is 0. The zero-order valence-electron chi connectivity index (χ0n) is 13.5. The van der Waals surface area contributed by atoms with Crippen molar-refractivity contribution in [3.63, 3.8) is 0 Å². The maximum absolute atomic E-state index is 12.2. The Morgan fingerprint density at radius 3 is 2.78 bits per heavy atom. The Bertz CT molecular complexity index is 577. The van der Waals surface area contributed by atoms with Gasteiger partial charge >= 0.3 is 0 Å². The van der Waals surface area contributed by atoms with Crippen LogP contribution in [0.4, 0.5) is 5.69 Å². The number of hydrogen-bond acceptors (Lipinski definition) is 5. The lowest BCUT2D eigenvalue weighted by Crippen LogP contribution is -2.20. The Morgan fingerprint density at radius 2 is 2.13 bits per heavy atom. The Morgan fingerprint density at radius 1 is 1.39 bits per heavy atom. The smallest absolute Gasteiger partial charge is 0.267 e. The molecule has 0 unspecified atom stereocenters. The van der Waals surface area contributed by atoms with Crippen molar-refractivity contribution in [2.75, 3.05) is 31.7 Å². The van der Waals surface area contributed by atoms with Crippen molar-refractivity contribution in [2.24, 2.45) is 0 Å². The molecule has 0 heterocycles. The van der Waals surface area contributed by atoms with Gasteiger partial charge in [0.1, 0.15) is 11.6 Å². The third-order valence-electron chi connectivity index (χ3n) is 3.07. The molecule has 0 aliphatic heterocycles. The summed E-state index contributed by atoms with van der Waals surface area (Å²) in [5.74, 6) is -0.188. The number of carbonyl (C=O) groups is 1. The molecule has 0 bridgehead atoms. The van der Waals surface area contributed by atoms with Crippen LogP contribution in [0.25, 0.3) is 0 Å². The largest absolute Gasteiger partial charge is 0.394 e. The minimum absolute atomic E-state index is 0.00860. The summed E-state index contributed by atoms with van der Waals surface area (Å²) in [6, 6.07) is 9.41. The van der Waals surface area contributed by atoms with Crippen LogP contribution >= 0.6 is 0 Å². The zero-order valence-corrected chi connectivity index (χ0v) is 13.5. The van der Waals surface area contributed by atoms with E-state index >= 15 is 0 Å². The van der Waals surface area contributed by atoms with E-state index in [4.69, 9.17) is 15.1 Å². The number of anilines is 1. The van der Waals surface area contributed by atoms with Crippen LogP contribution in [-0.4, -0.2) is 37.4 Å². The molecule has 3 N–H and O–H groups in total. The number of nitrogens with zero attached hydrogens (tertiary/aromatic N) is 1. The van der Waals surface area contributed by atoms with Crippen molar-refractivity contribution in [3.8, 4) is 6.07 Å². The molecule has 23 heavy (non-hydrogen) atoms. The summed E-state index contributed by atoms with van der Waals surface area (Å²) in [5.41, 5.74) is 1.72. The monoisotopic (exact) mass is 317 g/mol. The summed E-state index contributed by atoms with van der Waals surface area (Å²) in [6.45, 7) is 5.15. The highest BCUT2D eigenvalue weighted by Gasteiger charge is 2.12. The standard InChI is InChI=1S/C17H23N3O3/c1-13(2)15-5-3-4-6-16(15)20-17(22)14(11-18)12-19-7-9-23-10-8-21/h3-6,12-13,19,21H,7-10H2,1-2H3,(H,20,22)/b14-12-. The fourth-order valence-corrected chi connectivity index (χ4v) is 1.92. The predicted molar refractivity (Wildman–Crippen MR) is 88.8 cm³/mol. The summed E-state index contributed by atoms with van der Waals surface area (Å²) in [6.07, 6.45) is 1.37. The number of aliphatic hydroxyl groups is 1. The third kappa shape index (κ3) is 6.51. The van der Waals surface area contributed by atoms with Crippen LogP contribution in [0.5, 0.6) is 0 Å². The number of ether oxygens (including phenoxy) is 1. The lowest BCUT2D eigenvalue weighted by atomic mass is 10.0. The molecule has 0 saturated heterocycles. The molecular formula is C17H23N3O3. The Balaban J connectivity index is 2.62. The van der Waals surface area contributed by atoms with Gasteiger partial charge in [-0.25, -0.2) is 0 Å². The number of benzene rings is 1. The number of rotatable bonds is 9. The van der Waals surface area contributed by atoms with Crippen LogP contribution in [0, 0.1) is 11.3 Å². The zero-order chi connectivity index (χ0) is 17.1. The van der Waals surface area contributed by atoms with Crippen molar-refractivity contribution in [1.82, 2.24) is 5.32 Å². The maximum Gasteiger partial charge on any atom is 0.267 e. The lowest BCUT2D eigenvalue weighted by Gasteiger charge is -2.13. The number of carbonyl (C=O) groups excluding carboxylic acids is 1. The Hall–Kier alpha value is -2.36. The number of nitrogens with one attached hydrogen (secondary N) is 2. The first-order valence-corrected chi connectivity index (χ1v) is 7.52. The summed E-state index contributed by atoms with van der Waals surface area (Å²) in [4.78, 5) is 12.2. The molecule has 1 aromatic carbocycles. The molecule has 0 aliphatic rings. The second-order valence-electron chi connectivity index (χ2n) is 5.16. The quantitative estimate of drug-likeness (QED) is 0.366. The molecule has 0 aromatic heterocycles. The van der Waals surface area contributed by atoms with Gasteiger partial charge in [-0.1, -0.05) is 32.0 Å². The topological polar surface area (TPSA) is 94.4 Å². The van der Waals surface area contributed by atoms with Crippen LogP contribution in [0.3, 0.4) is 0 Å². The van der Waals surface area contributed by atoms with Crippen molar-refractivity contribution in [1.29, 1.82) is 5.26 Å². The highest BCUT2D eigenvalue weighted by Crippen LogP contribution is 2.23. The van der Waals surface area contributed by atoms with Crippen LogP contribution in [-0.2, 0) is 9.53 Å². The van der Waals surface area contributed by atoms with Gasteiger partial charge in [-0.3, -0.25) is 4.79 Å². The van der Waals surface area contributed by atoms with Gasteiger partial charge < -0.3 is 20.5 Å². The second kappa shape index (κ2) is 10.4. The van der Waals surface area contributed by atoms with Gasteiger partial charge in [0.05, 0.1) is 19.8 Å². The van der Waals surface area contributed by atoms with E-state index in [1.54, 1.807) is 0 Å². The highest BCUT2D eigenvalue weighted by atomic mass is 16.5. The minimum atomic E-state index is -0.454. The van der Waals surface area contributed by atoms with Gasteiger partial charge in [0.15, 0.2) is 0 Å². The van der Waals surface area contributed by atoms with E-state index in [9.17, 15) is 4.79 Å². The van der Waals surface area contributed by atoms with Gasteiger partial charge in [0.25, 0.3) is 5.91 Å². The summed E-state index contributed by atoms with van der Waals surface area (Å²) in [5, 5.41) is 23.3. The Kier molecular flexibility index (Phi) is 8.43. The average Bonchev–Trinajstić information content (AvgIpc) is 2.54. The molecule has 1 rings (SSSR count). The molecule has 1 aromatic rings. The van der Waals surface area contributed by atoms with Crippen molar-refractivity contribution >= 4 is 11.6 Å². The fraction of sp³-hybridized carbons (Fsp3) is 0.412. The normalized spacial score (nSPS) is 11.2. The predicted octanol–water partition coefficient (Wildman–Crippen LogP) is 1.75. The summed E-state index contributed by atoms with van der Waals surface area (Å²) < 4.78 is 5.07. The first kappa shape index (κ1) is 18.7. The van der Waals surface area contributed by atoms with Crippen LogP contribution < -0.4 is 10.6 Å². The van der Waals surface area contributed by atoms with E-state index in [-0.39, 0.29) is 24.7 Å². The molecular weight excluding hydrogens is 294 g/mol. The highest BCUT2D eigenvalue weighted by molar-refractivity contribution is 6.06. The van der Waals surface area contributed by atoms with E-state index in [0.29, 0.717) is 18.8 Å². The van der Waals surface area contributed by atoms with Gasteiger partial charge in [-0.2, -0.15) is 5.26 Å². The molecule has 0 radical (unpaired) electrons. The molecule has 6 heteroatoms. The van der Waals surface area contributed by atoms with Crippen LogP contribution in [0.15, 0.2) is 36.0 Å². The molecule has 0 saturated carbocycles. The first-order valence-electron chi connectivity index (χ1n) is 7.52. The number of aliphatic hydroxyl groups excluding tert-OH is 1. The Labute approximate surface area is 136 Å². The molecule has 0 atom stereocenters. The van der Waals surface area contributed by atoms with E-state index in [2.05, 4.69) is 10.6 Å². The number of amides is 1. The van der Waals surface area contributed by atoms with Gasteiger partial charge in [0.2, 0.25) is 0 Å². The van der Waals surface area contributed by atoms with Gasteiger partial charge in [-0.15, -0.1) is 0 Å². The van der Waals surface area contributed by atoms with E-state index in [1.807, 2.05) is 44.2 Å². The van der Waals surface area contributed by atoms with Gasteiger partial charge in [-0.05, 0) is 17.5 Å². The first-order chi connectivity index (χ1) is 11.1. The maximum atomic E-state index is 12.2. The fourth-order valence-electron chi connectivity index (χ4n) is 1.92. The van der Waals surface area contributed by atoms with Gasteiger partial charge in [0, 0.05) is 18.4 Å². The lowest BCUT2D eigenvalue weighted by molar-refractivity contribution is -0.112. The van der Waals surface area contributed by atoms with E-state index in [0.717, 1.165) is 5.56 Å². The molecule has 0 fully saturated rings. The molecule has 6 nitrogen and oxygen atoms in total. The third-order valence-corrected chi connectivity index (χ3v) is 3.07. The van der Waals surface area contributed by atoms with E-state index < -0.39 is 5.91 Å². The van der Waals surface area contributed by atoms with Crippen LogP contribution in [0.1, 0.15) is 25.3 Å². The van der Waals surface area contributed by atoms with Crippen molar-refractivity contribution < 1.29 is 14.6 Å². The summed E-state index contributed by atoms with van der Waals surface area (Å²) in [7, 11) is 0. The van der Waals surface area contributed by atoms with Crippen molar-refractivity contribution in [2.45, 2.75) is 19.8 Å². The molecule has 124 valence electrons.